The number of aromatic nitrogens is 3. The molecule has 124 valence electrons. The summed E-state index contributed by atoms with van der Waals surface area (Å²) in [5.41, 5.74) is 0.892. The summed E-state index contributed by atoms with van der Waals surface area (Å²) < 4.78 is 33.8. The van der Waals surface area contributed by atoms with Gasteiger partial charge in [-0.2, -0.15) is 0 Å². The van der Waals surface area contributed by atoms with Gasteiger partial charge in [0.15, 0.2) is 0 Å². The number of hydrogen-bond donors (Lipinski definition) is 1. The number of ether oxygens (including phenoxy) is 1. The first-order valence-electron chi connectivity index (χ1n) is 7.27. The summed E-state index contributed by atoms with van der Waals surface area (Å²) in [6.45, 7) is 2.06. The maximum absolute atomic E-state index is 12.1. The van der Waals surface area contributed by atoms with Crippen LogP contribution in [0, 0.1) is 0 Å². The van der Waals surface area contributed by atoms with Crippen molar-refractivity contribution in [3.05, 3.63) is 41.2 Å². The van der Waals surface area contributed by atoms with Gasteiger partial charge < -0.3 is 4.74 Å². The smallest absolute Gasteiger partial charge is 0.240 e. The Labute approximate surface area is 139 Å². The van der Waals surface area contributed by atoms with Crippen LogP contribution in [0.25, 0.3) is 0 Å². The summed E-state index contributed by atoms with van der Waals surface area (Å²) in [5.74, 6) is 0.287. The Hall–Kier alpha value is -1.48. The number of nitrogens with zero attached hydrogens (tertiary/aromatic N) is 3. The van der Waals surface area contributed by atoms with E-state index < -0.39 is 10.0 Å². The fourth-order valence-corrected chi connectivity index (χ4v) is 3.52. The molecule has 0 radical (unpaired) electrons. The van der Waals surface area contributed by atoms with Gasteiger partial charge in [0.1, 0.15) is 0 Å². The number of sulfonamides is 1. The van der Waals surface area contributed by atoms with E-state index >= 15 is 0 Å². The number of rotatable bonds is 6. The van der Waals surface area contributed by atoms with Crippen molar-refractivity contribution in [3.63, 3.8) is 0 Å². The molecule has 7 nitrogen and oxygen atoms in total. The van der Waals surface area contributed by atoms with Gasteiger partial charge in [-0.3, -0.25) is 4.68 Å². The number of nitrogens with one attached hydrogen (secondary N) is 1. The molecule has 0 spiro atoms. The highest BCUT2D eigenvalue weighted by Gasteiger charge is 2.20. The van der Waals surface area contributed by atoms with Crippen LogP contribution in [-0.4, -0.2) is 43.2 Å². The maximum Gasteiger partial charge on any atom is 0.240 e. The van der Waals surface area contributed by atoms with Crippen molar-refractivity contribution in [1.29, 1.82) is 0 Å². The lowest BCUT2D eigenvalue weighted by Gasteiger charge is -2.06. The molecule has 1 aliphatic heterocycles. The molecule has 2 heterocycles. The zero-order valence-electron chi connectivity index (χ0n) is 12.4. The Kier molecular flexibility index (Phi) is 4.96. The van der Waals surface area contributed by atoms with E-state index in [0.29, 0.717) is 18.2 Å². The van der Waals surface area contributed by atoms with E-state index in [4.69, 9.17) is 16.3 Å². The topological polar surface area (TPSA) is 86.1 Å². The summed E-state index contributed by atoms with van der Waals surface area (Å²) in [6, 6.07) is 6.03. The first-order valence-corrected chi connectivity index (χ1v) is 9.14. The van der Waals surface area contributed by atoms with Gasteiger partial charge in [-0.15, -0.1) is 5.10 Å². The van der Waals surface area contributed by atoms with Gasteiger partial charge in [0, 0.05) is 30.3 Å². The fraction of sp³-hybridized carbons (Fsp3) is 0.429. The molecule has 9 heteroatoms. The maximum atomic E-state index is 12.1. The number of halogens is 1. The molecular formula is C14H17ClN4O3S. The molecule has 1 saturated heterocycles. The van der Waals surface area contributed by atoms with Crippen LogP contribution in [0.15, 0.2) is 35.4 Å². The minimum absolute atomic E-state index is 0.185. The Morgan fingerprint density at radius 1 is 1.35 bits per heavy atom. The second kappa shape index (κ2) is 6.96. The normalized spacial score (nSPS) is 18.4. The van der Waals surface area contributed by atoms with Gasteiger partial charge >= 0.3 is 0 Å². The third kappa shape index (κ3) is 4.08. The standard InChI is InChI=1S/C14H17ClN4O3S/c15-12-1-3-13(4-2-12)23(20,21)16-6-7-19-9-14(17-18-19)11-5-8-22-10-11/h1-4,9,11,16H,5-8,10H2/t11-/m1/s1. The van der Waals surface area contributed by atoms with Crippen LogP contribution in [-0.2, 0) is 21.3 Å². The van der Waals surface area contributed by atoms with Crippen molar-refractivity contribution in [2.24, 2.45) is 0 Å². The molecule has 1 aliphatic rings. The highest BCUT2D eigenvalue weighted by Crippen LogP contribution is 2.22. The highest BCUT2D eigenvalue weighted by molar-refractivity contribution is 7.89. The third-order valence-corrected chi connectivity index (χ3v) is 5.39. The fourth-order valence-electron chi connectivity index (χ4n) is 2.37. The summed E-state index contributed by atoms with van der Waals surface area (Å²) in [7, 11) is -3.55. The molecule has 3 rings (SSSR count). The summed E-state index contributed by atoms with van der Waals surface area (Å²) in [5, 5.41) is 8.64. The van der Waals surface area contributed by atoms with E-state index in [0.717, 1.165) is 18.7 Å². The predicted molar refractivity (Wildman–Crippen MR) is 84.8 cm³/mol. The minimum atomic E-state index is -3.55. The molecule has 0 saturated carbocycles. The van der Waals surface area contributed by atoms with E-state index in [1.165, 1.54) is 12.1 Å². The molecule has 1 aromatic heterocycles. The lowest BCUT2D eigenvalue weighted by atomic mass is 10.1. The van der Waals surface area contributed by atoms with Crippen LogP contribution in [0.1, 0.15) is 18.0 Å². The molecule has 0 aliphatic carbocycles. The molecule has 1 N–H and O–H groups in total. The van der Waals surface area contributed by atoms with Crippen LogP contribution in [0.3, 0.4) is 0 Å². The van der Waals surface area contributed by atoms with Gasteiger partial charge in [-0.05, 0) is 30.7 Å². The molecule has 1 aromatic carbocycles. The van der Waals surface area contributed by atoms with E-state index in [1.54, 1.807) is 16.8 Å². The van der Waals surface area contributed by atoms with Crippen molar-refractivity contribution in [2.45, 2.75) is 23.8 Å². The van der Waals surface area contributed by atoms with Gasteiger partial charge in [-0.1, -0.05) is 16.8 Å². The minimum Gasteiger partial charge on any atom is -0.381 e. The Bertz CT molecular complexity index is 755. The second-order valence-electron chi connectivity index (χ2n) is 5.32. The number of benzene rings is 1. The molecular weight excluding hydrogens is 340 g/mol. The van der Waals surface area contributed by atoms with E-state index in [1.807, 2.05) is 6.20 Å². The van der Waals surface area contributed by atoms with Crippen LogP contribution in [0.4, 0.5) is 0 Å². The Balaban J connectivity index is 1.55. The Morgan fingerprint density at radius 3 is 2.83 bits per heavy atom. The van der Waals surface area contributed by atoms with Crippen LogP contribution < -0.4 is 4.72 Å². The summed E-state index contributed by atoms with van der Waals surface area (Å²) in [4.78, 5) is 0.185. The van der Waals surface area contributed by atoms with Gasteiger partial charge in [0.2, 0.25) is 10.0 Å². The van der Waals surface area contributed by atoms with E-state index in [9.17, 15) is 8.42 Å². The van der Waals surface area contributed by atoms with Crippen molar-refractivity contribution in [2.75, 3.05) is 19.8 Å². The monoisotopic (exact) mass is 356 g/mol. The first-order chi connectivity index (χ1) is 11.0. The molecule has 1 atom stereocenters. The van der Waals surface area contributed by atoms with Crippen molar-refractivity contribution in [1.82, 2.24) is 19.7 Å². The lowest BCUT2D eigenvalue weighted by Crippen LogP contribution is -2.27. The lowest BCUT2D eigenvalue weighted by molar-refractivity contribution is 0.193. The summed E-state index contributed by atoms with van der Waals surface area (Å²) >= 11 is 5.76. The largest absolute Gasteiger partial charge is 0.381 e. The van der Waals surface area contributed by atoms with Gasteiger partial charge in [-0.25, -0.2) is 13.1 Å². The SMILES string of the molecule is O=S(=O)(NCCn1cc([C@@H]2CCOC2)nn1)c1ccc(Cl)cc1. The number of hydrogen-bond acceptors (Lipinski definition) is 5. The molecule has 2 aromatic rings. The quantitative estimate of drug-likeness (QED) is 0.845. The van der Waals surface area contributed by atoms with E-state index in [-0.39, 0.29) is 17.4 Å². The van der Waals surface area contributed by atoms with Gasteiger partial charge in [0.25, 0.3) is 0 Å². The zero-order valence-corrected chi connectivity index (χ0v) is 13.9. The van der Waals surface area contributed by atoms with Crippen molar-refractivity contribution >= 4 is 21.6 Å². The molecule has 1 fully saturated rings. The average Bonchev–Trinajstić information content (AvgIpc) is 3.18. The Morgan fingerprint density at radius 2 is 2.13 bits per heavy atom. The first kappa shape index (κ1) is 16.4. The predicted octanol–water partition coefficient (Wildman–Crippen LogP) is 1.41. The highest BCUT2D eigenvalue weighted by atomic mass is 35.5. The van der Waals surface area contributed by atoms with Crippen LogP contribution in [0.2, 0.25) is 5.02 Å². The molecule has 0 amide bonds. The molecule has 23 heavy (non-hydrogen) atoms. The zero-order chi connectivity index (χ0) is 16.3. The molecule has 0 unspecified atom stereocenters. The van der Waals surface area contributed by atoms with Gasteiger partial charge in [0.05, 0.1) is 23.7 Å². The van der Waals surface area contributed by atoms with Crippen molar-refractivity contribution < 1.29 is 13.2 Å². The van der Waals surface area contributed by atoms with E-state index in [2.05, 4.69) is 15.0 Å². The second-order valence-corrected chi connectivity index (χ2v) is 7.52. The van der Waals surface area contributed by atoms with Crippen LogP contribution in [0.5, 0.6) is 0 Å². The molecule has 0 bridgehead atoms. The van der Waals surface area contributed by atoms with Crippen LogP contribution >= 0.6 is 11.6 Å². The summed E-state index contributed by atoms with van der Waals surface area (Å²) in [6.07, 6.45) is 2.79. The van der Waals surface area contributed by atoms with Crippen molar-refractivity contribution in [3.8, 4) is 0 Å². The average molecular weight is 357 g/mol. The third-order valence-electron chi connectivity index (χ3n) is 3.66.